The third-order valence-electron chi connectivity index (χ3n) is 4.54. The highest BCUT2D eigenvalue weighted by Crippen LogP contribution is 2.62. The zero-order valence-corrected chi connectivity index (χ0v) is 10.3. The average molecular weight is 251 g/mol. The lowest BCUT2D eigenvalue weighted by molar-refractivity contribution is 0.133. The van der Waals surface area contributed by atoms with Crippen LogP contribution in [0.5, 0.6) is 0 Å². The van der Waals surface area contributed by atoms with Gasteiger partial charge in [-0.15, -0.1) is 0 Å². The van der Waals surface area contributed by atoms with Crippen molar-refractivity contribution in [1.29, 1.82) is 0 Å². The fourth-order valence-corrected chi connectivity index (χ4v) is 3.52. The molecular formula is C12H17N3O3. The van der Waals surface area contributed by atoms with E-state index in [1.165, 1.54) is 4.90 Å². The number of aromatic nitrogens is 1. The maximum atomic E-state index is 11.0. The molecule has 3 N–H and O–H groups in total. The molecule has 2 heterocycles. The predicted octanol–water partition coefficient (Wildman–Crippen LogP) is 0.809. The van der Waals surface area contributed by atoms with Gasteiger partial charge in [0.05, 0.1) is 5.69 Å². The Morgan fingerprint density at radius 3 is 3.06 bits per heavy atom. The number of likely N-dealkylation sites (tertiary alicyclic amines) is 1. The van der Waals surface area contributed by atoms with Gasteiger partial charge in [0.25, 0.3) is 0 Å². The van der Waals surface area contributed by atoms with Crippen LogP contribution in [0.25, 0.3) is 0 Å². The van der Waals surface area contributed by atoms with E-state index >= 15 is 0 Å². The molecule has 0 radical (unpaired) electrons. The Hall–Kier alpha value is -1.56. The van der Waals surface area contributed by atoms with Crippen molar-refractivity contribution in [3.8, 4) is 0 Å². The number of rotatable bonds is 2. The monoisotopic (exact) mass is 251 g/mol. The van der Waals surface area contributed by atoms with Gasteiger partial charge in [0.2, 0.25) is 0 Å². The molecule has 6 heteroatoms. The molecule has 1 amide bonds. The van der Waals surface area contributed by atoms with Gasteiger partial charge in [-0.1, -0.05) is 5.16 Å². The first-order valence-corrected chi connectivity index (χ1v) is 6.21. The third kappa shape index (κ3) is 1.38. The van der Waals surface area contributed by atoms with Gasteiger partial charge in [-0.2, -0.15) is 0 Å². The van der Waals surface area contributed by atoms with Crippen LogP contribution in [0.15, 0.2) is 10.6 Å². The van der Waals surface area contributed by atoms with Gasteiger partial charge in [-0.25, -0.2) is 4.79 Å². The van der Waals surface area contributed by atoms with E-state index in [0.717, 1.165) is 17.9 Å². The third-order valence-corrected chi connectivity index (χ3v) is 4.54. The summed E-state index contributed by atoms with van der Waals surface area (Å²) in [6, 6.07) is 1.93. The summed E-state index contributed by atoms with van der Waals surface area (Å²) in [5.41, 5.74) is 6.67. The lowest BCUT2D eigenvalue weighted by Gasteiger charge is -2.22. The average Bonchev–Trinajstić information content (AvgIpc) is 2.82. The summed E-state index contributed by atoms with van der Waals surface area (Å²) in [5, 5.41) is 13.1. The van der Waals surface area contributed by atoms with E-state index in [4.69, 9.17) is 15.4 Å². The molecular weight excluding hydrogens is 234 g/mol. The first-order chi connectivity index (χ1) is 8.59. The van der Waals surface area contributed by atoms with Crippen LogP contribution in [0.4, 0.5) is 4.79 Å². The van der Waals surface area contributed by atoms with Crippen molar-refractivity contribution in [3.63, 3.8) is 0 Å². The van der Waals surface area contributed by atoms with E-state index in [-0.39, 0.29) is 11.3 Å². The number of hydrogen-bond acceptors (Lipinski definition) is 4. The van der Waals surface area contributed by atoms with Gasteiger partial charge in [0, 0.05) is 31.1 Å². The number of carboxylic acid groups (broad SMARTS) is 1. The summed E-state index contributed by atoms with van der Waals surface area (Å²) in [5.74, 6) is 1.51. The number of aryl methyl sites for hydroxylation is 1. The minimum Gasteiger partial charge on any atom is -0.465 e. The Kier molecular flexibility index (Phi) is 2.38. The molecule has 6 nitrogen and oxygen atoms in total. The number of nitrogens with zero attached hydrogens (tertiary/aromatic N) is 2. The van der Waals surface area contributed by atoms with Crippen LogP contribution in [0.2, 0.25) is 0 Å². The molecule has 0 spiro atoms. The lowest BCUT2D eigenvalue weighted by atomic mass is 9.97. The van der Waals surface area contributed by atoms with Gasteiger partial charge < -0.3 is 20.3 Å². The van der Waals surface area contributed by atoms with Gasteiger partial charge in [0.15, 0.2) is 0 Å². The second-order valence-electron chi connectivity index (χ2n) is 5.30. The Labute approximate surface area is 105 Å². The Morgan fingerprint density at radius 2 is 2.50 bits per heavy atom. The van der Waals surface area contributed by atoms with E-state index in [1.54, 1.807) is 0 Å². The van der Waals surface area contributed by atoms with Crippen molar-refractivity contribution < 1.29 is 14.4 Å². The minimum absolute atomic E-state index is 0.165. The number of hydrogen-bond donors (Lipinski definition) is 2. The molecule has 98 valence electrons. The van der Waals surface area contributed by atoms with Crippen molar-refractivity contribution in [1.82, 2.24) is 10.1 Å². The molecule has 2 fully saturated rings. The van der Waals surface area contributed by atoms with Crippen LogP contribution in [0.3, 0.4) is 0 Å². The Morgan fingerprint density at radius 1 is 1.72 bits per heavy atom. The van der Waals surface area contributed by atoms with Gasteiger partial charge in [0.1, 0.15) is 5.76 Å². The van der Waals surface area contributed by atoms with Crippen molar-refractivity contribution >= 4 is 6.09 Å². The van der Waals surface area contributed by atoms with Crippen LogP contribution in [0, 0.1) is 18.8 Å². The molecule has 0 unspecified atom stereocenters. The summed E-state index contributed by atoms with van der Waals surface area (Å²) < 4.78 is 5.14. The number of nitrogens with two attached hydrogens (primary N) is 1. The van der Waals surface area contributed by atoms with E-state index in [2.05, 4.69) is 5.16 Å². The fourth-order valence-electron chi connectivity index (χ4n) is 3.52. The van der Waals surface area contributed by atoms with Crippen LogP contribution in [-0.2, 0) is 5.41 Å². The summed E-state index contributed by atoms with van der Waals surface area (Å²) in [6.45, 7) is 3.51. The molecule has 1 aliphatic heterocycles. The second-order valence-corrected chi connectivity index (χ2v) is 5.30. The van der Waals surface area contributed by atoms with Crippen molar-refractivity contribution in [2.45, 2.75) is 18.8 Å². The predicted molar refractivity (Wildman–Crippen MR) is 63.2 cm³/mol. The Balaban J connectivity index is 1.86. The van der Waals surface area contributed by atoms with Gasteiger partial charge in [-0.05, 0) is 25.2 Å². The molecule has 3 atom stereocenters. The topological polar surface area (TPSA) is 92.6 Å². The molecule has 18 heavy (non-hydrogen) atoms. The molecule has 0 bridgehead atoms. The second kappa shape index (κ2) is 3.71. The largest absolute Gasteiger partial charge is 0.465 e. The first kappa shape index (κ1) is 11.5. The van der Waals surface area contributed by atoms with Gasteiger partial charge >= 0.3 is 6.09 Å². The zero-order valence-electron chi connectivity index (χ0n) is 10.3. The zero-order chi connectivity index (χ0) is 12.9. The first-order valence-electron chi connectivity index (χ1n) is 6.21. The maximum absolute atomic E-state index is 11.0. The maximum Gasteiger partial charge on any atom is 0.407 e. The molecule has 0 aromatic carbocycles. The van der Waals surface area contributed by atoms with Gasteiger partial charge in [-0.3, -0.25) is 0 Å². The number of fused-ring (bicyclic) bond motifs is 1. The molecule has 1 aliphatic carbocycles. The highest BCUT2D eigenvalue weighted by Gasteiger charge is 2.67. The van der Waals surface area contributed by atoms with Crippen LogP contribution >= 0.6 is 0 Å². The smallest absolute Gasteiger partial charge is 0.407 e. The highest BCUT2D eigenvalue weighted by molar-refractivity contribution is 5.65. The highest BCUT2D eigenvalue weighted by atomic mass is 16.5. The van der Waals surface area contributed by atoms with E-state index in [1.807, 2.05) is 13.0 Å². The summed E-state index contributed by atoms with van der Waals surface area (Å²) >= 11 is 0. The van der Waals surface area contributed by atoms with Crippen LogP contribution in [0.1, 0.15) is 17.9 Å². The summed E-state index contributed by atoms with van der Waals surface area (Å²) in [7, 11) is 0. The molecule has 1 saturated carbocycles. The van der Waals surface area contributed by atoms with E-state index in [9.17, 15) is 4.79 Å². The summed E-state index contributed by atoms with van der Waals surface area (Å²) in [4.78, 5) is 12.5. The van der Waals surface area contributed by atoms with E-state index < -0.39 is 6.09 Å². The van der Waals surface area contributed by atoms with Crippen LogP contribution < -0.4 is 5.73 Å². The molecule has 2 aliphatic rings. The quantitative estimate of drug-likeness (QED) is 0.811. The molecule has 1 aromatic rings. The minimum atomic E-state index is -0.845. The SMILES string of the molecule is Cc1cc([C@@]2(CN)[C@@H]3CCN(C(=O)O)C[C@@H]32)no1. The van der Waals surface area contributed by atoms with Crippen molar-refractivity contribution in [2.75, 3.05) is 19.6 Å². The fraction of sp³-hybridized carbons (Fsp3) is 0.667. The standard InChI is InChI=1S/C12H17N3O3/c1-7-4-10(14-18-7)12(6-13)8-2-3-15(11(16)17)5-9(8)12/h4,8-9H,2-3,5-6,13H2,1H3,(H,16,17)/t8-,9+,12+/m1/s1. The summed E-state index contributed by atoms with van der Waals surface area (Å²) in [6.07, 6.45) is 0.0164. The van der Waals surface area contributed by atoms with Crippen molar-refractivity contribution in [2.24, 2.45) is 17.6 Å². The normalized spacial score (nSPS) is 34.2. The molecule has 1 aromatic heterocycles. The molecule has 1 saturated heterocycles. The van der Waals surface area contributed by atoms with Crippen molar-refractivity contribution in [3.05, 3.63) is 17.5 Å². The Bertz CT molecular complexity index is 487. The number of amides is 1. The number of piperidine rings is 1. The lowest BCUT2D eigenvalue weighted by Crippen LogP contribution is -2.36. The van der Waals surface area contributed by atoms with Crippen LogP contribution in [-0.4, -0.2) is 40.9 Å². The number of carbonyl (C=O) groups is 1. The van der Waals surface area contributed by atoms with E-state index in [0.29, 0.717) is 25.6 Å². The molecule has 3 rings (SSSR count).